The molecule has 0 fully saturated rings. The van der Waals surface area contributed by atoms with Gasteiger partial charge in [-0.2, -0.15) is 0 Å². The molecule has 5 nitrogen and oxygen atoms in total. The molecular weight excluding hydrogens is 320 g/mol. The largest absolute Gasteiger partial charge is 0.484 e. The molecule has 0 atom stereocenters. The molecule has 0 spiro atoms. The Morgan fingerprint density at radius 2 is 1.75 bits per heavy atom. The average molecular weight is 335 g/mol. The zero-order valence-corrected chi connectivity index (χ0v) is 12.8. The number of esters is 1. The monoisotopic (exact) mass is 335 g/mol. The molecular formula is C17H15F2NO4. The van der Waals surface area contributed by atoms with E-state index < -0.39 is 23.5 Å². The minimum absolute atomic E-state index is 0.125. The van der Waals surface area contributed by atoms with Crippen LogP contribution in [0.3, 0.4) is 0 Å². The summed E-state index contributed by atoms with van der Waals surface area (Å²) in [5.41, 5.74) is 0.496. The maximum atomic E-state index is 13.0. The van der Waals surface area contributed by atoms with Gasteiger partial charge in [-0.1, -0.05) is 0 Å². The van der Waals surface area contributed by atoms with E-state index in [-0.39, 0.29) is 18.9 Å². The van der Waals surface area contributed by atoms with Gasteiger partial charge in [0.1, 0.15) is 5.75 Å². The summed E-state index contributed by atoms with van der Waals surface area (Å²) in [6, 6.07) is 9.11. The maximum absolute atomic E-state index is 13.0. The van der Waals surface area contributed by atoms with Gasteiger partial charge in [-0.05, 0) is 43.3 Å². The summed E-state index contributed by atoms with van der Waals surface area (Å²) >= 11 is 0. The number of anilines is 1. The summed E-state index contributed by atoms with van der Waals surface area (Å²) in [6.07, 6.45) is 0. The van der Waals surface area contributed by atoms with Gasteiger partial charge >= 0.3 is 5.97 Å². The number of carbonyl (C=O) groups excluding carboxylic acids is 2. The minimum Gasteiger partial charge on any atom is -0.484 e. The molecule has 7 heteroatoms. The normalized spacial score (nSPS) is 10.1. The number of hydrogen-bond donors (Lipinski definition) is 1. The molecule has 0 saturated carbocycles. The molecule has 0 bridgehead atoms. The van der Waals surface area contributed by atoms with E-state index in [2.05, 4.69) is 5.32 Å². The van der Waals surface area contributed by atoms with E-state index in [0.717, 1.165) is 12.1 Å². The molecule has 0 unspecified atom stereocenters. The average Bonchev–Trinajstić information content (AvgIpc) is 2.57. The molecule has 0 saturated heterocycles. The molecule has 1 amide bonds. The van der Waals surface area contributed by atoms with Gasteiger partial charge in [0.15, 0.2) is 18.2 Å². The Morgan fingerprint density at radius 1 is 1.04 bits per heavy atom. The fourth-order valence-electron chi connectivity index (χ4n) is 1.82. The zero-order chi connectivity index (χ0) is 17.5. The van der Waals surface area contributed by atoms with Crippen LogP contribution in [0, 0.1) is 11.6 Å². The first-order valence-corrected chi connectivity index (χ1v) is 7.14. The SMILES string of the molecule is CCOC(=O)c1ccc(OCC(=O)Nc2ccc(F)c(F)c2)cc1. The fourth-order valence-corrected chi connectivity index (χ4v) is 1.82. The van der Waals surface area contributed by atoms with E-state index in [4.69, 9.17) is 9.47 Å². The molecule has 0 aliphatic carbocycles. The van der Waals surface area contributed by atoms with Crippen LogP contribution in [0.15, 0.2) is 42.5 Å². The lowest BCUT2D eigenvalue weighted by Gasteiger charge is -2.08. The lowest BCUT2D eigenvalue weighted by Crippen LogP contribution is -2.20. The third kappa shape index (κ3) is 4.77. The van der Waals surface area contributed by atoms with Gasteiger partial charge in [-0.15, -0.1) is 0 Å². The van der Waals surface area contributed by atoms with E-state index in [9.17, 15) is 18.4 Å². The molecule has 2 aromatic rings. The second-order valence-electron chi connectivity index (χ2n) is 4.71. The number of benzene rings is 2. The molecule has 0 heterocycles. The predicted octanol–water partition coefficient (Wildman–Crippen LogP) is 3.16. The Balaban J connectivity index is 1.87. The van der Waals surface area contributed by atoms with Crippen molar-refractivity contribution in [1.82, 2.24) is 0 Å². The van der Waals surface area contributed by atoms with E-state index in [1.165, 1.54) is 30.3 Å². The van der Waals surface area contributed by atoms with Gasteiger partial charge in [0, 0.05) is 11.8 Å². The highest BCUT2D eigenvalue weighted by Gasteiger charge is 2.09. The number of nitrogens with one attached hydrogen (secondary N) is 1. The molecule has 2 aromatic carbocycles. The van der Waals surface area contributed by atoms with Crippen molar-refractivity contribution in [2.45, 2.75) is 6.92 Å². The summed E-state index contributed by atoms with van der Waals surface area (Å²) in [6.45, 7) is 1.67. The Kier molecular flexibility index (Phi) is 5.83. The van der Waals surface area contributed by atoms with Crippen LogP contribution in [0.25, 0.3) is 0 Å². The number of hydrogen-bond acceptors (Lipinski definition) is 4. The second-order valence-corrected chi connectivity index (χ2v) is 4.71. The summed E-state index contributed by atoms with van der Waals surface area (Å²) < 4.78 is 35.9. The molecule has 24 heavy (non-hydrogen) atoms. The summed E-state index contributed by atoms with van der Waals surface area (Å²) in [7, 11) is 0. The van der Waals surface area contributed by atoms with Gasteiger partial charge in [0.2, 0.25) is 0 Å². The number of amides is 1. The zero-order valence-electron chi connectivity index (χ0n) is 12.8. The number of rotatable bonds is 6. The molecule has 126 valence electrons. The highest BCUT2D eigenvalue weighted by atomic mass is 19.2. The van der Waals surface area contributed by atoms with Crippen molar-refractivity contribution in [2.24, 2.45) is 0 Å². The van der Waals surface area contributed by atoms with E-state index in [0.29, 0.717) is 11.3 Å². The van der Waals surface area contributed by atoms with Crippen molar-refractivity contribution < 1.29 is 27.8 Å². The van der Waals surface area contributed by atoms with Crippen LogP contribution in [-0.4, -0.2) is 25.1 Å². The second kappa shape index (κ2) is 8.05. The van der Waals surface area contributed by atoms with Crippen molar-refractivity contribution in [3.05, 3.63) is 59.7 Å². The van der Waals surface area contributed by atoms with Gasteiger partial charge < -0.3 is 14.8 Å². The van der Waals surface area contributed by atoms with Crippen LogP contribution >= 0.6 is 0 Å². The number of carbonyl (C=O) groups is 2. The van der Waals surface area contributed by atoms with Gasteiger partial charge in [-0.3, -0.25) is 4.79 Å². The molecule has 2 rings (SSSR count). The third-order valence-corrected chi connectivity index (χ3v) is 2.94. The van der Waals surface area contributed by atoms with Crippen LogP contribution in [0.2, 0.25) is 0 Å². The van der Waals surface area contributed by atoms with E-state index in [1.54, 1.807) is 6.92 Å². The third-order valence-electron chi connectivity index (χ3n) is 2.94. The summed E-state index contributed by atoms with van der Waals surface area (Å²) in [5.74, 6) is -2.65. The van der Waals surface area contributed by atoms with Crippen LogP contribution in [0.1, 0.15) is 17.3 Å². The van der Waals surface area contributed by atoms with Crippen molar-refractivity contribution in [3.8, 4) is 5.75 Å². The maximum Gasteiger partial charge on any atom is 0.338 e. The van der Waals surface area contributed by atoms with Gasteiger partial charge in [0.25, 0.3) is 5.91 Å². The number of halogens is 2. The first-order valence-electron chi connectivity index (χ1n) is 7.14. The standard InChI is InChI=1S/C17H15F2NO4/c1-2-23-17(22)11-3-6-13(7-4-11)24-10-16(21)20-12-5-8-14(18)15(19)9-12/h3-9H,2,10H2,1H3,(H,20,21). The minimum atomic E-state index is -1.05. The topological polar surface area (TPSA) is 64.6 Å². The van der Waals surface area contributed by atoms with Crippen molar-refractivity contribution >= 4 is 17.6 Å². The molecule has 0 aliphatic rings. The quantitative estimate of drug-likeness (QED) is 0.824. The molecule has 0 aromatic heterocycles. The highest BCUT2D eigenvalue weighted by Crippen LogP contribution is 2.15. The van der Waals surface area contributed by atoms with E-state index >= 15 is 0 Å². The predicted molar refractivity (Wildman–Crippen MR) is 82.9 cm³/mol. The van der Waals surface area contributed by atoms with Crippen LogP contribution < -0.4 is 10.1 Å². The smallest absolute Gasteiger partial charge is 0.338 e. The van der Waals surface area contributed by atoms with Crippen molar-refractivity contribution in [3.63, 3.8) is 0 Å². The highest BCUT2D eigenvalue weighted by molar-refractivity contribution is 5.92. The molecule has 0 aliphatic heterocycles. The summed E-state index contributed by atoms with van der Waals surface area (Å²) in [4.78, 5) is 23.2. The Morgan fingerprint density at radius 3 is 2.38 bits per heavy atom. The first kappa shape index (κ1) is 17.4. The number of ether oxygens (including phenoxy) is 2. The molecule has 1 N–H and O–H groups in total. The van der Waals surface area contributed by atoms with Crippen molar-refractivity contribution in [2.75, 3.05) is 18.5 Å². The van der Waals surface area contributed by atoms with Crippen molar-refractivity contribution in [1.29, 1.82) is 0 Å². The van der Waals surface area contributed by atoms with Crippen LogP contribution in [0.5, 0.6) is 5.75 Å². The molecule has 0 radical (unpaired) electrons. The Bertz CT molecular complexity index is 732. The first-order chi connectivity index (χ1) is 11.5. The van der Waals surface area contributed by atoms with Crippen LogP contribution in [-0.2, 0) is 9.53 Å². The Labute approximate surface area is 137 Å². The van der Waals surface area contributed by atoms with Gasteiger partial charge in [-0.25, -0.2) is 13.6 Å². The lowest BCUT2D eigenvalue weighted by atomic mass is 10.2. The van der Waals surface area contributed by atoms with Gasteiger partial charge in [0.05, 0.1) is 12.2 Å². The van der Waals surface area contributed by atoms with Crippen LogP contribution in [0.4, 0.5) is 14.5 Å². The lowest BCUT2D eigenvalue weighted by molar-refractivity contribution is -0.118. The van der Waals surface area contributed by atoms with E-state index in [1.807, 2.05) is 0 Å². The fraction of sp³-hybridized carbons (Fsp3) is 0.176. The summed E-state index contributed by atoms with van der Waals surface area (Å²) in [5, 5.41) is 2.38. The Hall–Kier alpha value is -2.96.